The third-order valence-corrected chi connectivity index (χ3v) is 12.7. The number of hydrogen-bond donors (Lipinski definition) is 0. The first-order chi connectivity index (χ1) is 29.6. The van der Waals surface area contributed by atoms with E-state index in [0.29, 0.717) is 17.5 Å². The van der Waals surface area contributed by atoms with Crippen LogP contribution in [-0.4, -0.2) is 25.1 Å². The maximum atomic E-state index is 7.09. The van der Waals surface area contributed by atoms with Crippen LogP contribution in [0.4, 0.5) is 0 Å². The summed E-state index contributed by atoms with van der Waals surface area (Å²) in [5.74, 6) is 2.44. The van der Waals surface area contributed by atoms with Gasteiger partial charge in [-0.1, -0.05) is 127 Å². The third-order valence-electron chi connectivity index (χ3n) is 12.7. The predicted octanol–water partition coefficient (Wildman–Crippen LogP) is 13.4. The van der Waals surface area contributed by atoms with Crippen LogP contribution in [0, 0.1) is 0 Å². The molecule has 13 rings (SSSR count). The van der Waals surface area contributed by atoms with E-state index < -0.39 is 5.60 Å². The highest BCUT2D eigenvalue weighted by atomic mass is 16.5. The number of fused-ring (bicyclic) bond motifs is 11. The summed E-state index contributed by atoms with van der Waals surface area (Å²) >= 11 is 0. The Kier molecular flexibility index (Phi) is 6.82. The molecule has 0 amide bonds. The number of benzene rings is 8. The zero-order valence-corrected chi connectivity index (χ0v) is 32.5. The monoisotopic (exact) mass is 770 g/mol. The van der Waals surface area contributed by atoms with E-state index in [1.807, 2.05) is 36.4 Å². The van der Waals surface area contributed by atoms with Gasteiger partial charge < -0.3 is 13.7 Å². The molecule has 8 aromatic carbocycles. The Morgan fingerprint density at radius 3 is 2.10 bits per heavy atom. The van der Waals surface area contributed by atoms with E-state index in [1.54, 1.807) is 0 Å². The number of rotatable bonds is 4. The maximum Gasteiger partial charge on any atom is 0.164 e. The topological polar surface area (TPSA) is 66.0 Å². The molecule has 0 fully saturated rings. The largest absolute Gasteiger partial charge is 0.481 e. The molecular formula is C54H34N4O2. The Morgan fingerprint density at radius 1 is 0.533 bits per heavy atom. The van der Waals surface area contributed by atoms with Crippen LogP contribution in [0.1, 0.15) is 24.2 Å². The summed E-state index contributed by atoms with van der Waals surface area (Å²) in [5.41, 5.74) is 7.87. The van der Waals surface area contributed by atoms with E-state index in [1.165, 1.54) is 21.5 Å². The Balaban J connectivity index is 1.11. The molecule has 6 heteroatoms. The van der Waals surface area contributed by atoms with Gasteiger partial charge in [0.15, 0.2) is 17.5 Å². The van der Waals surface area contributed by atoms with Crippen molar-refractivity contribution < 1.29 is 9.15 Å². The van der Waals surface area contributed by atoms with Crippen molar-refractivity contribution in [3.63, 3.8) is 0 Å². The van der Waals surface area contributed by atoms with Crippen LogP contribution in [0.3, 0.4) is 0 Å². The summed E-state index contributed by atoms with van der Waals surface area (Å²) in [7, 11) is 0. The Bertz CT molecular complexity index is 3690. The number of furan rings is 1. The highest BCUT2D eigenvalue weighted by molar-refractivity contribution is 6.15. The number of para-hydroxylation sites is 3. The van der Waals surface area contributed by atoms with E-state index in [0.717, 1.165) is 77.5 Å². The minimum atomic E-state index is -0.827. The highest BCUT2D eigenvalue weighted by Gasteiger charge is 2.50. The number of aromatic nitrogens is 4. The minimum absolute atomic E-state index is 0.133. The van der Waals surface area contributed by atoms with Crippen molar-refractivity contribution in [3.05, 3.63) is 193 Å². The average molecular weight is 771 g/mol. The average Bonchev–Trinajstić information content (AvgIpc) is 3.94. The fourth-order valence-electron chi connectivity index (χ4n) is 9.79. The van der Waals surface area contributed by atoms with E-state index in [9.17, 15) is 0 Å². The van der Waals surface area contributed by atoms with Crippen LogP contribution >= 0.6 is 0 Å². The fourth-order valence-corrected chi connectivity index (χ4v) is 9.79. The van der Waals surface area contributed by atoms with Crippen molar-refractivity contribution in [3.8, 4) is 28.5 Å². The molecule has 0 saturated carbocycles. The van der Waals surface area contributed by atoms with Crippen LogP contribution < -0.4 is 4.74 Å². The quantitative estimate of drug-likeness (QED) is 0.178. The second-order valence-corrected chi connectivity index (χ2v) is 16.1. The summed E-state index contributed by atoms with van der Waals surface area (Å²) in [6.07, 6.45) is 4.63. The van der Waals surface area contributed by atoms with Gasteiger partial charge in [-0.15, -0.1) is 0 Å². The van der Waals surface area contributed by atoms with E-state index in [4.69, 9.17) is 24.1 Å². The molecule has 1 aliphatic carbocycles. The first kappa shape index (κ1) is 33.2. The lowest BCUT2D eigenvalue weighted by atomic mass is 9.76. The number of hydrogen-bond acceptors (Lipinski definition) is 5. The molecular weight excluding hydrogens is 737 g/mol. The van der Waals surface area contributed by atoms with Gasteiger partial charge in [0.2, 0.25) is 0 Å². The molecule has 3 aromatic heterocycles. The van der Waals surface area contributed by atoms with Crippen LogP contribution in [0.15, 0.2) is 186 Å². The summed E-state index contributed by atoms with van der Waals surface area (Å²) in [6, 6.07) is 59.4. The summed E-state index contributed by atoms with van der Waals surface area (Å²) in [6.45, 7) is 2.18. The van der Waals surface area contributed by atoms with E-state index in [2.05, 4.69) is 157 Å². The van der Waals surface area contributed by atoms with Gasteiger partial charge in [0.25, 0.3) is 0 Å². The molecule has 1 aliphatic heterocycles. The summed E-state index contributed by atoms with van der Waals surface area (Å²) < 4.78 is 15.9. The van der Waals surface area contributed by atoms with Crippen LogP contribution in [0.2, 0.25) is 0 Å². The first-order valence-electron chi connectivity index (χ1n) is 20.4. The maximum absolute atomic E-state index is 7.09. The van der Waals surface area contributed by atoms with Gasteiger partial charge in [0, 0.05) is 49.5 Å². The summed E-state index contributed by atoms with van der Waals surface area (Å²) in [4.78, 5) is 16.1. The minimum Gasteiger partial charge on any atom is -0.481 e. The fraction of sp³-hybridized carbons (Fsp3) is 0.0556. The standard InChI is InChI=1S/C54H34N4O2/c1-54-43(39-18-7-11-23-48(39)60-54)30-37(58-45-21-9-6-17-38(45)42-28-34-15-4-5-16-35(34)29-46(42)58)31-44(54)53-56-51(36-26-25-32-13-2-3-14-33(32)27-36)55-52(57-53)41-20-12-24-49-50(41)40-19-8-10-22-47(40)59-49/h2-31,43H,1H3. The number of nitrogens with zero attached hydrogens (tertiary/aromatic N) is 4. The molecule has 2 atom stereocenters. The molecule has 2 unspecified atom stereocenters. The van der Waals surface area contributed by atoms with Crippen molar-refractivity contribution in [1.82, 2.24) is 19.5 Å². The Hall–Kier alpha value is -7.83. The SMILES string of the molecule is CC12Oc3ccccc3C1C=C(n1c3ccccc3c3cc4ccccc4cc31)C=C2c1nc(-c2ccc3ccccc3c2)nc(-c2cccc3oc4ccccc4c23)n1. The lowest BCUT2D eigenvalue weighted by Gasteiger charge is -2.35. The molecule has 4 heterocycles. The van der Waals surface area contributed by atoms with Gasteiger partial charge in [-0.3, -0.25) is 0 Å². The second kappa shape index (κ2) is 12.3. The molecule has 6 nitrogen and oxygen atoms in total. The number of allylic oxidation sites excluding steroid dienone is 2. The highest BCUT2D eigenvalue weighted by Crippen LogP contribution is 2.55. The molecule has 282 valence electrons. The van der Waals surface area contributed by atoms with Crippen LogP contribution in [0.25, 0.3) is 99.3 Å². The lowest BCUT2D eigenvalue weighted by molar-refractivity contribution is 0.166. The van der Waals surface area contributed by atoms with Crippen molar-refractivity contribution in [2.45, 2.75) is 18.4 Å². The van der Waals surface area contributed by atoms with E-state index in [-0.39, 0.29) is 5.92 Å². The zero-order valence-electron chi connectivity index (χ0n) is 32.5. The molecule has 11 aromatic rings. The first-order valence-corrected chi connectivity index (χ1v) is 20.4. The summed E-state index contributed by atoms with van der Waals surface area (Å²) in [5, 5.41) is 9.07. The van der Waals surface area contributed by atoms with Crippen molar-refractivity contribution in [1.29, 1.82) is 0 Å². The third kappa shape index (κ3) is 4.79. The molecule has 0 radical (unpaired) electrons. The van der Waals surface area contributed by atoms with E-state index >= 15 is 0 Å². The Morgan fingerprint density at radius 2 is 1.22 bits per heavy atom. The number of ether oxygens (including phenoxy) is 1. The molecule has 0 saturated heterocycles. The zero-order chi connectivity index (χ0) is 39.5. The van der Waals surface area contributed by atoms with Gasteiger partial charge in [-0.25, -0.2) is 15.0 Å². The van der Waals surface area contributed by atoms with Crippen LogP contribution in [0.5, 0.6) is 5.75 Å². The van der Waals surface area contributed by atoms with Gasteiger partial charge in [0.05, 0.1) is 17.0 Å². The van der Waals surface area contributed by atoms with Crippen molar-refractivity contribution in [2.24, 2.45) is 0 Å². The van der Waals surface area contributed by atoms with Gasteiger partial charge >= 0.3 is 0 Å². The molecule has 0 N–H and O–H groups in total. The van der Waals surface area contributed by atoms with Gasteiger partial charge in [-0.2, -0.15) is 0 Å². The molecule has 60 heavy (non-hydrogen) atoms. The normalized spacial score (nSPS) is 17.3. The van der Waals surface area contributed by atoms with Gasteiger partial charge in [0.1, 0.15) is 22.5 Å². The Labute approximate surface area is 344 Å². The van der Waals surface area contributed by atoms with Crippen molar-refractivity contribution >= 4 is 76.6 Å². The molecule has 2 aliphatic rings. The molecule has 0 bridgehead atoms. The second-order valence-electron chi connectivity index (χ2n) is 16.1. The van der Waals surface area contributed by atoms with Crippen LogP contribution in [-0.2, 0) is 0 Å². The van der Waals surface area contributed by atoms with Gasteiger partial charge in [-0.05, 0) is 83.1 Å². The molecule has 0 spiro atoms. The predicted molar refractivity (Wildman–Crippen MR) is 243 cm³/mol. The van der Waals surface area contributed by atoms with Crippen molar-refractivity contribution in [2.75, 3.05) is 0 Å². The lowest BCUT2D eigenvalue weighted by Crippen LogP contribution is -2.38. The smallest absolute Gasteiger partial charge is 0.164 e.